The molecule has 1 saturated carbocycles. The Morgan fingerprint density at radius 3 is 2.74 bits per heavy atom. The van der Waals surface area contributed by atoms with Crippen molar-refractivity contribution in [3.8, 4) is 0 Å². The summed E-state index contributed by atoms with van der Waals surface area (Å²) in [5.74, 6) is 0. The van der Waals surface area contributed by atoms with Crippen molar-refractivity contribution >= 4 is 5.69 Å². The fraction of sp³-hybridized carbons (Fsp3) is 0.600. The smallest absolute Gasteiger partial charge is 0.269 e. The number of nitrogens with one attached hydrogen (secondary N) is 1. The number of nitro benzene ring substituents is 1. The summed E-state index contributed by atoms with van der Waals surface area (Å²) in [6.07, 6.45) is 6.52. The summed E-state index contributed by atoms with van der Waals surface area (Å²) in [6.45, 7) is 4.00. The standard InChI is InChI=1S/C15H22N2O2/c1-2-15(8-3-4-9-15)12-16-11-13-6-5-7-14(10-13)17(18)19/h5-7,10,16H,2-4,8-9,11-12H2,1H3. The van der Waals surface area contributed by atoms with Crippen LogP contribution in [0.3, 0.4) is 0 Å². The fourth-order valence-corrected chi connectivity index (χ4v) is 3.03. The first kappa shape index (κ1) is 14.0. The minimum atomic E-state index is -0.339. The number of benzene rings is 1. The minimum Gasteiger partial charge on any atom is -0.312 e. The molecule has 1 aromatic carbocycles. The maximum absolute atomic E-state index is 10.7. The van der Waals surface area contributed by atoms with Gasteiger partial charge in [0, 0.05) is 25.2 Å². The van der Waals surface area contributed by atoms with Crippen LogP contribution in [0.5, 0.6) is 0 Å². The lowest BCUT2D eigenvalue weighted by Crippen LogP contribution is -2.31. The zero-order valence-corrected chi connectivity index (χ0v) is 11.5. The molecule has 1 aromatic rings. The van der Waals surface area contributed by atoms with Gasteiger partial charge in [-0.1, -0.05) is 31.9 Å². The summed E-state index contributed by atoms with van der Waals surface area (Å²) in [4.78, 5) is 10.4. The summed E-state index contributed by atoms with van der Waals surface area (Å²) >= 11 is 0. The molecule has 0 saturated heterocycles. The Balaban J connectivity index is 1.88. The maximum atomic E-state index is 10.7. The van der Waals surface area contributed by atoms with Gasteiger partial charge >= 0.3 is 0 Å². The third kappa shape index (κ3) is 3.53. The van der Waals surface area contributed by atoms with Gasteiger partial charge in [0.25, 0.3) is 5.69 Å². The summed E-state index contributed by atoms with van der Waals surface area (Å²) in [6, 6.07) is 6.88. The van der Waals surface area contributed by atoms with Gasteiger partial charge in [0.05, 0.1) is 4.92 Å². The Bertz CT molecular complexity index is 440. The van der Waals surface area contributed by atoms with E-state index in [0.717, 1.165) is 12.1 Å². The molecule has 0 aliphatic heterocycles. The monoisotopic (exact) mass is 262 g/mol. The molecule has 0 unspecified atom stereocenters. The number of hydrogen-bond donors (Lipinski definition) is 1. The highest BCUT2D eigenvalue weighted by Gasteiger charge is 2.31. The molecule has 0 radical (unpaired) electrons. The van der Waals surface area contributed by atoms with Crippen molar-refractivity contribution in [2.24, 2.45) is 5.41 Å². The molecule has 0 heterocycles. The van der Waals surface area contributed by atoms with Crippen LogP contribution in [0.4, 0.5) is 5.69 Å². The number of non-ortho nitro benzene ring substituents is 1. The molecule has 1 N–H and O–H groups in total. The average Bonchev–Trinajstić information content (AvgIpc) is 2.88. The molecule has 1 fully saturated rings. The fourth-order valence-electron chi connectivity index (χ4n) is 3.03. The Morgan fingerprint density at radius 1 is 1.37 bits per heavy atom. The van der Waals surface area contributed by atoms with Gasteiger partial charge in [0.15, 0.2) is 0 Å². The van der Waals surface area contributed by atoms with Crippen molar-refractivity contribution in [3.05, 3.63) is 39.9 Å². The van der Waals surface area contributed by atoms with Gasteiger partial charge in [-0.2, -0.15) is 0 Å². The largest absolute Gasteiger partial charge is 0.312 e. The molecular weight excluding hydrogens is 240 g/mol. The van der Waals surface area contributed by atoms with Crippen LogP contribution >= 0.6 is 0 Å². The van der Waals surface area contributed by atoms with Crippen LogP contribution in [0.1, 0.15) is 44.6 Å². The molecule has 1 aliphatic carbocycles. The van der Waals surface area contributed by atoms with Gasteiger partial charge in [0.1, 0.15) is 0 Å². The second-order valence-corrected chi connectivity index (χ2v) is 5.59. The normalized spacial score (nSPS) is 17.5. The van der Waals surface area contributed by atoms with Gasteiger partial charge in [0.2, 0.25) is 0 Å². The molecule has 104 valence electrons. The Kier molecular flexibility index (Phi) is 4.53. The highest BCUT2D eigenvalue weighted by atomic mass is 16.6. The van der Waals surface area contributed by atoms with Gasteiger partial charge in [-0.15, -0.1) is 0 Å². The van der Waals surface area contributed by atoms with Crippen LogP contribution in [0.25, 0.3) is 0 Å². The van der Waals surface area contributed by atoms with Gasteiger partial charge in [-0.05, 0) is 30.2 Å². The minimum absolute atomic E-state index is 0.172. The van der Waals surface area contributed by atoms with Crippen molar-refractivity contribution in [1.82, 2.24) is 5.32 Å². The SMILES string of the molecule is CCC1(CNCc2cccc([N+](=O)[O-])c2)CCCC1. The van der Waals surface area contributed by atoms with E-state index in [9.17, 15) is 10.1 Å². The number of nitro groups is 1. The predicted octanol–water partition coefficient (Wildman–Crippen LogP) is 3.65. The molecule has 0 spiro atoms. The second-order valence-electron chi connectivity index (χ2n) is 5.59. The van der Waals surface area contributed by atoms with Gasteiger partial charge in [-0.25, -0.2) is 0 Å². The van der Waals surface area contributed by atoms with E-state index in [1.54, 1.807) is 12.1 Å². The second kappa shape index (κ2) is 6.15. The third-order valence-electron chi connectivity index (χ3n) is 4.36. The third-order valence-corrected chi connectivity index (χ3v) is 4.36. The van der Waals surface area contributed by atoms with Gasteiger partial charge < -0.3 is 5.32 Å². The van der Waals surface area contributed by atoms with Gasteiger partial charge in [-0.3, -0.25) is 10.1 Å². The van der Waals surface area contributed by atoms with E-state index in [-0.39, 0.29) is 10.6 Å². The lowest BCUT2D eigenvalue weighted by molar-refractivity contribution is -0.384. The topological polar surface area (TPSA) is 55.2 Å². The van der Waals surface area contributed by atoms with Crippen molar-refractivity contribution in [3.63, 3.8) is 0 Å². The first-order valence-corrected chi connectivity index (χ1v) is 7.09. The maximum Gasteiger partial charge on any atom is 0.269 e. The van der Waals surface area contributed by atoms with Crippen LogP contribution < -0.4 is 5.32 Å². The lowest BCUT2D eigenvalue weighted by atomic mass is 9.83. The van der Waals surface area contributed by atoms with Crippen molar-refractivity contribution < 1.29 is 4.92 Å². The molecule has 0 bridgehead atoms. The van der Waals surface area contributed by atoms with Crippen LogP contribution in [-0.4, -0.2) is 11.5 Å². The molecule has 19 heavy (non-hydrogen) atoms. The highest BCUT2D eigenvalue weighted by molar-refractivity contribution is 5.34. The predicted molar refractivity (Wildman–Crippen MR) is 76.0 cm³/mol. The van der Waals surface area contributed by atoms with E-state index < -0.39 is 0 Å². The zero-order valence-electron chi connectivity index (χ0n) is 11.5. The molecule has 4 heteroatoms. The number of hydrogen-bond acceptors (Lipinski definition) is 3. The Labute approximate surface area is 114 Å². The summed E-state index contributed by atoms with van der Waals surface area (Å²) in [5, 5.41) is 14.2. The quantitative estimate of drug-likeness (QED) is 0.629. The van der Waals surface area contributed by atoms with Crippen molar-refractivity contribution in [2.75, 3.05) is 6.54 Å². The molecule has 0 amide bonds. The Hall–Kier alpha value is -1.42. The van der Waals surface area contributed by atoms with E-state index in [1.807, 2.05) is 6.07 Å². The summed E-state index contributed by atoms with van der Waals surface area (Å²) < 4.78 is 0. The average molecular weight is 262 g/mol. The Morgan fingerprint density at radius 2 is 2.11 bits per heavy atom. The van der Waals surface area contributed by atoms with Crippen LogP contribution in [0.15, 0.2) is 24.3 Å². The highest BCUT2D eigenvalue weighted by Crippen LogP contribution is 2.40. The summed E-state index contributed by atoms with van der Waals surface area (Å²) in [5.41, 5.74) is 1.62. The summed E-state index contributed by atoms with van der Waals surface area (Å²) in [7, 11) is 0. The molecule has 0 atom stereocenters. The van der Waals surface area contributed by atoms with Crippen molar-refractivity contribution in [1.29, 1.82) is 0 Å². The lowest BCUT2D eigenvalue weighted by Gasteiger charge is -2.27. The number of nitrogens with zero attached hydrogens (tertiary/aromatic N) is 1. The number of rotatable bonds is 6. The van der Waals surface area contributed by atoms with E-state index in [1.165, 1.54) is 38.2 Å². The zero-order chi connectivity index (χ0) is 13.7. The molecule has 2 rings (SSSR count). The molecular formula is C15H22N2O2. The molecule has 4 nitrogen and oxygen atoms in total. The van der Waals surface area contributed by atoms with Crippen molar-refractivity contribution in [2.45, 2.75) is 45.6 Å². The first-order valence-electron chi connectivity index (χ1n) is 7.09. The molecule has 0 aromatic heterocycles. The van der Waals surface area contributed by atoms with Crippen LogP contribution in [0.2, 0.25) is 0 Å². The van der Waals surface area contributed by atoms with E-state index in [2.05, 4.69) is 12.2 Å². The first-order chi connectivity index (χ1) is 9.15. The molecule has 1 aliphatic rings. The van der Waals surface area contributed by atoms with Crippen LogP contribution in [-0.2, 0) is 6.54 Å². The van der Waals surface area contributed by atoms with E-state index in [0.29, 0.717) is 12.0 Å². The van der Waals surface area contributed by atoms with Crippen LogP contribution in [0, 0.1) is 15.5 Å². The van der Waals surface area contributed by atoms with E-state index in [4.69, 9.17) is 0 Å². The van der Waals surface area contributed by atoms with E-state index >= 15 is 0 Å².